The molecule has 0 atom stereocenters. The van der Waals surface area contributed by atoms with Crippen molar-refractivity contribution < 1.29 is 4.79 Å². The molecule has 3 nitrogen and oxygen atoms in total. The maximum absolute atomic E-state index is 11.3. The molecule has 0 saturated carbocycles. The fourth-order valence-electron chi connectivity index (χ4n) is 2.22. The molecule has 1 fully saturated rings. The highest BCUT2D eigenvalue weighted by Gasteiger charge is 2.22. The van der Waals surface area contributed by atoms with Crippen molar-refractivity contribution in [3.05, 3.63) is 23.9 Å². The van der Waals surface area contributed by atoms with Crippen molar-refractivity contribution in [3.63, 3.8) is 0 Å². The minimum atomic E-state index is 0.265. The van der Waals surface area contributed by atoms with Gasteiger partial charge in [0.1, 0.15) is 11.6 Å². The van der Waals surface area contributed by atoms with E-state index in [1.54, 1.807) is 6.92 Å². The monoisotopic (exact) mass is 218 g/mol. The molecule has 0 spiro atoms. The van der Waals surface area contributed by atoms with Gasteiger partial charge in [0.2, 0.25) is 0 Å². The van der Waals surface area contributed by atoms with Crippen LogP contribution in [-0.4, -0.2) is 23.9 Å². The molecule has 1 aromatic heterocycles. The Bertz CT molecular complexity index is 381. The molecule has 3 heteroatoms. The van der Waals surface area contributed by atoms with E-state index in [-0.39, 0.29) is 5.92 Å². The maximum Gasteiger partial charge on any atom is 0.133 e. The average Bonchev–Trinajstić information content (AvgIpc) is 2.29. The van der Waals surface area contributed by atoms with Gasteiger partial charge in [0.25, 0.3) is 0 Å². The van der Waals surface area contributed by atoms with Crippen LogP contribution in [0.1, 0.15) is 25.5 Å². The molecule has 0 bridgehead atoms. The van der Waals surface area contributed by atoms with Crippen LogP contribution >= 0.6 is 0 Å². The van der Waals surface area contributed by atoms with Crippen molar-refractivity contribution in [2.75, 3.05) is 18.0 Å². The van der Waals surface area contributed by atoms with Crippen LogP contribution < -0.4 is 4.90 Å². The van der Waals surface area contributed by atoms with Gasteiger partial charge in [-0.05, 0) is 38.8 Å². The standard InChI is InChI=1S/C13H18N2O/c1-10-4-3-5-13(14-10)15-8-6-12(7-9-15)11(2)16/h3-5,12H,6-9H2,1-2H3. The van der Waals surface area contributed by atoms with E-state index in [2.05, 4.69) is 9.88 Å². The van der Waals surface area contributed by atoms with E-state index < -0.39 is 0 Å². The summed E-state index contributed by atoms with van der Waals surface area (Å²) in [6.07, 6.45) is 1.93. The summed E-state index contributed by atoms with van der Waals surface area (Å²) in [6, 6.07) is 6.08. The molecule has 16 heavy (non-hydrogen) atoms. The number of hydrogen-bond acceptors (Lipinski definition) is 3. The van der Waals surface area contributed by atoms with E-state index in [1.807, 2.05) is 25.1 Å². The van der Waals surface area contributed by atoms with Gasteiger partial charge in [-0.1, -0.05) is 6.07 Å². The molecule has 0 aliphatic carbocycles. The Morgan fingerprint density at radius 3 is 2.62 bits per heavy atom. The summed E-state index contributed by atoms with van der Waals surface area (Å²) in [5.74, 6) is 1.64. The number of aromatic nitrogens is 1. The van der Waals surface area contributed by atoms with Crippen molar-refractivity contribution in [3.8, 4) is 0 Å². The number of carbonyl (C=O) groups excluding carboxylic acids is 1. The average molecular weight is 218 g/mol. The van der Waals surface area contributed by atoms with E-state index in [1.165, 1.54) is 0 Å². The summed E-state index contributed by atoms with van der Waals surface area (Å²) in [7, 11) is 0. The summed E-state index contributed by atoms with van der Waals surface area (Å²) < 4.78 is 0. The predicted molar refractivity (Wildman–Crippen MR) is 64.6 cm³/mol. The molecule has 1 aliphatic heterocycles. The highest BCUT2D eigenvalue weighted by Crippen LogP contribution is 2.22. The lowest BCUT2D eigenvalue weighted by Gasteiger charge is -2.31. The zero-order valence-electron chi connectivity index (χ0n) is 9.94. The fraction of sp³-hybridized carbons (Fsp3) is 0.538. The molecule has 0 radical (unpaired) electrons. The molecule has 0 unspecified atom stereocenters. The molecular formula is C13H18N2O. The van der Waals surface area contributed by atoms with E-state index in [0.717, 1.165) is 37.4 Å². The van der Waals surface area contributed by atoms with Crippen LogP contribution in [0.25, 0.3) is 0 Å². The Morgan fingerprint density at radius 1 is 1.38 bits per heavy atom. The van der Waals surface area contributed by atoms with Crippen LogP contribution in [0, 0.1) is 12.8 Å². The smallest absolute Gasteiger partial charge is 0.133 e. The number of anilines is 1. The molecule has 1 aliphatic rings. The van der Waals surface area contributed by atoms with Gasteiger partial charge in [0.15, 0.2) is 0 Å². The first-order valence-electron chi connectivity index (χ1n) is 5.86. The molecule has 0 aromatic carbocycles. The van der Waals surface area contributed by atoms with Gasteiger partial charge in [0.05, 0.1) is 0 Å². The fourth-order valence-corrected chi connectivity index (χ4v) is 2.22. The van der Waals surface area contributed by atoms with Crippen LogP contribution in [-0.2, 0) is 4.79 Å². The van der Waals surface area contributed by atoms with Gasteiger partial charge >= 0.3 is 0 Å². The van der Waals surface area contributed by atoms with Crippen LogP contribution in [0.3, 0.4) is 0 Å². The topological polar surface area (TPSA) is 33.2 Å². The molecule has 2 rings (SSSR count). The molecule has 86 valence electrons. The number of ketones is 1. The number of nitrogens with zero attached hydrogens (tertiary/aromatic N) is 2. The first kappa shape index (κ1) is 11.1. The third kappa shape index (κ3) is 2.40. The Hall–Kier alpha value is -1.38. The van der Waals surface area contributed by atoms with Crippen LogP contribution in [0.15, 0.2) is 18.2 Å². The maximum atomic E-state index is 11.3. The number of hydrogen-bond donors (Lipinski definition) is 0. The number of rotatable bonds is 2. The van der Waals surface area contributed by atoms with Crippen molar-refractivity contribution in [2.45, 2.75) is 26.7 Å². The van der Waals surface area contributed by atoms with Crippen LogP contribution in [0.4, 0.5) is 5.82 Å². The third-order valence-corrected chi connectivity index (χ3v) is 3.27. The molecule has 1 aromatic rings. The molecule has 2 heterocycles. The minimum absolute atomic E-state index is 0.265. The van der Waals surface area contributed by atoms with E-state index in [9.17, 15) is 4.79 Å². The molecule has 0 amide bonds. The first-order chi connectivity index (χ1) is 7.66. The summed E-state index contributed by atoms with van der Waals surface area (Å²) in [4.78, 5) is 18.0. The predicted octanol–water partition coefficient (Wildman–Crippen LogP) is 2.20. The number of aryl methyl sites for hydroxylation is 1. The van der Waals surface area contributed by atoms with Crippen molar-refractivity contribution in [2.24, 2.45) is 5.92 Å². The van der Waals surface area contributed by atoms with Crippen molar-refractivity contribution >= 4 is 11.6 Å². The van der Waals surface area contributed by atoms with Gasteiger partial charge in [0, 0.05) is 24.7 Å². The van der Waals surface area contributed by atoms with E-state index in [4.69, 9.17) is 0 Å². The second-order valence-electron chi connectivity index (χ2n) is 4.51. The van der Waals surface area contributed by atoms with Gasteiger partial charge in [-0.2, -0.15) is 0 Å². The lowest BCUT2D eigenvalue weighted by Crippen LogP contribution is -2.36. The summed E-state index contributed by atoms with van der Waals surface area (Å²) >= 11 is 0. The van der Waals surface area contributed by atoms with E-state index >= 15 is 0 Å². The third-order valence-electron chi connectivity index (χ3n) is 3.27. The number of Topliss-reactive ketones (excluding diaryl/α,β-unsaturated/α-hetero) is 1. The van der Waals surface area contributed by atoms with Gasteiger partial charge in [-0.3, -0.25) is 4.79 Å². The second kappa shape index (κ2) is 4.64. The molecule has 0 N–H and O–H groups in total. The van der Waals surface area contributed by atoms with Crippen molar-refractivity contribution in [1.82, 2.24) is 4.98 Å². The number of piperidine rings is 1. The largest absolute Gasteiger partial charge is 0.357 e. The lowest BCUT2D eigenvalue weighted by atomic mass is 9.93. The highest BCUT2D eigenvalue weighted by atomic mass is 16.1. The van der Waals surface area contributed by atoms with Gasteiger partial charge < -0.3 is 4.90 Å². The second-order valence-corrected chi connectivity index (χ2v) is 4.51. The zero-order chi connectivity index (χ0) is 11.5. The quantitative estimate of drug-likeness (QED) is 0.763. The Balaban J connectivity index is 2.01. The van der Waals surface area contributed by atoms with Crippen LogP contribution in [0.5, 0.6) is 0 Å². The summed E-state index contributed by atoms with van der Waals surface area (Å²) in [5.41, 5.74) is 1.05. The highest BCUT2D eigenvalue weighted by molar-refractivity contribution is 5.78. The van der Waals surface area contributed by atoms with Crippen LogP contribution in [0.2, 0.25) is 0 Å². The summed E-state index contributed by atoms with van der Waals surface area (Å²) in [6.45, 7) is 5.60. The van der Waals surface area contributed by atoms with Gasteiger partial charge in [-0.15, -0.1) is 0 Å². The summed E-state index contributed by atoms with van der Waals surface area (Å²) in [5, 5.41) is 0. The molecule has 1 saturated heterocycles. The normalized spacial score (nSPS) is 17.5. The van der Waals surface area contributed by atoms with E-state index in [0.29, 0.717) is 5.78 Å². The minimum Gasteiger partial charge on any atom is -0.357 e. The first-order valence-corrected chi connectivity index (χ1v) is 5.86. The SMILES string of the molecule is CC(=O)C1CCN(c2cccc(C)n2)CC1. The number of carbonyl (C=O) groups is 1. The lowest BCUT2D eigenvalue weighted by molar-refractivity contribution is -0.121. The number of pyridine rings is 1. The Kier molecular flexibility index (Phi) is 3.22. The Morgan fingerprint density at radius 2 is 2.06 bits per heavy atom. The van der Waals surface area contributed by atoms with Gasteiger partial charge in [-0.25, -0.2) is 4.98 Å². The Labute approximate surface area is 96.5 Å². The van der Waals surface area contributed by atoms with Crippen molar-refractivity contribution in [1.29, 1.82) is 0 Å². The zero-order valence-corrected chi connectivity index (χ0v) is 9.94. The molecular weight excluding hydrogens is 200 g/mol.